The van der Waals surface area contributed by atoms with Crippen LogP contribution in [-0.4, -0.2) is 152 Å². The molecule has 4 amide bonds. The maximum atomic E-state index is 13.3. The van der Waals surface area contributed by atoms with E-state index in [1.807, 2.05) is 36.4 Å². The number of benzene rings is 4. The van der Waals surface area contributed by atoms with Crippen molar-refractivity contribution in [2.24, 2.45) is 11.5 Å². The van der Waals surface area contributed by atoms with Gasteiger partial charge in [-0.25, -0.2) is 0 Å². The van der Waals surface area contributed by atoms with Gasteiger partial charge in [-0.05, 0) is 36.4 Å². The van der Waals surface area contributed by atoms with Gasteiger partial charge in [0.2, 0.25) is 0 Å². The Bertz CT molecular complexity index is 1870. The molecule has 2 aliphatic rings. The fourth-order valence-electron chi connectivity index (χ4n) is 6.97. The van der Waals surface area contributed by atoms with Crippen LogP contribution >= 0.6 is 0 Å². The third-order valence-electron chi connectivity index (χ3n) is 9.67. The van der Waals surface area contributed by atoms with Gasteiger partial charge in [-0.2, -0.15) is 0 Å². The van der Waals surface area contributed by atoms with Crippen LogP contribution in [0.5, 0.6) is 0 Å². The lowest BCUT2D eigenvalue weighted by atomic mass is 9.93. The van der Waals surface area contributed by atoms with E-state index in [1.165, 1.54) is 9.80 Å². The van der Waals surface area contributed by atoms with Gasteiger partial charge in [-0.15, -0.1) is 0 Å². The summed E-state index contributed by atoms with van der Waals surface area (Å²) in [6.45, 7) is 6.61. The van der Waals surface area contributed by atoms with Crippen LogP contribution < -0.4 is 22.1 Å². The molecule has 0 spiro atoms. The highest BCUT2D eigenvalue weighted by molar-refractivity contribution is 6.27. The van der Waals surface area contributed by atoms with E-state index in [2.05, 4.69) is 10.6 Å². The number of hydrogen-bond donors (Lipinski definition) is 4. The third kappa shape index (κ3) is 10.1. The van der Waals surface area contributed by atoms with Crippen LogP contribution in [0.4, 0.5) is 11.4 Å². The van der Waals surface area contributed by atoms with Crippen LogP contribution in [0.25, 0.3) is 21.5 Å². The molecule has 58 heavy (non-hydrogen) atoms. The van der Waals surface area contributed by atoms with Crippen molar-refractivity contribution in [2.45, 2.75) is 0 Å². The van der Waals surface area contributed by atoms with Crippen molar-refractivity contribution < 1.29 is 47.6 Å². The van der Waals surface area contributed by atoms with Crippen molar-refractivity contribution in [3.8, 4) is 0 Å². The molecule has 16 heteroatoms. The molecule has 16 nitrogen and oxygen atoms in total. The van der Waals surface area contributed by atoms with E-state index < -0.39 is 0 Å². The van der Waals surface area contributed by atoms with Gasteiger partial charge < -0.3 is 50.5 Å². The molecule has 6 rings (SSSR count). The van der Waals surface area contributed by atoms with Crippen molar-refractivity contribution in [2.75, 3.05) is 129 Å². The number of nitrogens with zero attached hydrogens (tertiary/aromatic N) is 2. The summed E-state index contributed by atoms with van der Waals surface area (Å²) in [4.78, 5) is 55.8. The number of carbonyl (C=O) groups is 4. The molecule has 0 unspecified atom stereocenters. The topological polar surface area (TPSA) is 206 Å². The van der Waals surface area contributed by atoms with E-state index >= 15 is 0 Å². The summed E-state index contributed by atoms with van der Waals surface area (Å²) in [6.07, 6.45) is 0. The highest BCUT2D eigenvalue weighted by Crippen LogP contribution is 2.35. The second-order valence-corrected chi connectivity index (χ2v) is 13.4. The fraction of sp³-hybridized carbons (Fsp3) is 0.429. The minimum absolute atomic E-state index is 0.144. The molecular weight excluding hydrogens is 748 g/mol. The second-order valence-electron chi connectivity index (χ2n) is 13.4. The van der Waals surface area contributed by atoms with Crippen LogP contribution in [0.2, 0.25) is 0 Å². The molecule has 0 atom stereocenters. The Balaban J connectivity index is 0.902. The first kappa shape index (κ1) is 42.6. The van der Waals surface area contributed by atoms with Gasteiger partial charge in [0.1, 0.15) is 0 Å². The molecule has 0 aliphatic carbocycles. The molecule has 2 heterocycles. The van der Waals surface area contributed by atoms with Gasteiger partial charge in [0.25, 0.3) is 23.6 Å². The first-order valence-corrected chi connectivity index (χ1v) is 19.6. The quantitative estimate of drug-likeness (QED) is 0.0506. The molecule has 0 radical (unpaired) electrons. The lowest BCUT2D eigenvalue weighted by Gasteiger charge is -2.28. The van der Waals surface area contributed by atoms with Gasteiger partial charge in [-0.1, -0.05) is 24.3 Å². The first-order chi connectivity index (χ1) is 28.5. The molecule has 4 aromatic carbocycles. The Hall–Kier alpha value is -5.04. The van der Waals surface area contributed by atoms with Gasteiger partial charge >= 0.3 is 0 Å². The first-order valence-electron chi connectivity index (χ1n) is 19.6. The number of hydrogen-bond acceptors (Lipinski definition) is 14. The molecule has 6 N–H and O–H groups in total. The molecule has 0 saturated heterocycles. The average molecular weight is 801 g/mol. The standard InChI is InChI=1S/C42H52N6O10/c43-11-17-53-23-27-57-21-15-47-39(49)31-5-1-3-29-35(9-7-33(37(29)31)41(47)51)45-13-19-55-25-26-56-20-14-46-36-10-8-34-38-30(36)4-2-6-32(38)40(50)48(42(34)52)16-22-58-28-24-54-18-12-44/h1-10,45-46H,11-28,43-44H2. The summed E-state index contributed by atoms with van der Waals surface area (Å²) in [5, 5.41) is 9.60. The number of anilines is 2. The van der Waals surface area contributed by atoms with E-state index in [4.69, 9.17) is 39.9 Å². The predicted molar refractivity (Wildman–Crippen MR) is 219 cm³/mol. The largest absolute Gasteiger partial charge is 0.382 e. The maximum absolute atomic E-state index is 13.3. The SMILES string of the molecule is NCCOCCOCCN1C(=O)c2cccc3c(NCCOCCOCCNc4ccc5c6c(cccc46)C(=O)N(CCOCCOCCN)C5=O)ccc(c23)C1=O. The normalized spacial score (nSPS) is 13.7. The Labute approximate surface area is 336 Å². The molecule has 0 fully saturated rings. The van der Waals surface area contributed by atoms with E-state index in [1.54, 1.807) is 24.3 Å². The monoisotopic (exact) mass is 800 g/mol. The van der Waals surface area contributed by atoms with Gasteiger partial charge in [0.05, 0.1) is 92.4 Å². The molecule has 0 bridgehead atoms. The molecule has 4 aromatic rings. The van der Waals surface area contributed by atoms with Crippen molar-refractivity contribution in [3.05, 3.63) is 82.9 Å². The highest BCUT2D eigenvalue weighted by Gasteiger charge is 2.34. The number of amides is 4. The Morgan fingerprint density at radius 2 is 0.759 bits per heavy atom. The van der Waals surface area contributed by atoms with E-state index in [0.29, 0.717) is 125 Å². The van der Waals surface area contributed by atoms with E-state index in [0.717, 1.165) is 22.1 Å². The minimum atomic E-state index is -0.346. The van der Waals surface area contributed by atoms with Crippen LogP contribution in [0.1, 0.15) is 41.4 Å². The highest BCUT2D eigenvalue weighted by atomic mass is 16.5. The van der Waals surface area contributed by atoms with Crippen molar-refractivity contribution >= 4 is 56.5 Å². The predicted octanol–water partition coefficient (Wildman–Crippen LogP) is 2.73. The van der Waals surface area contributed by atoms with Gasteiger partial charge in [0, 0.05) is 81.4 Å². The zero-order valence-corrected chi connectivity index (χ0v) is 32.6. The zero-order chi connectivity index (χ0) is 40.7. The Kier molecular flexibility index (Phi) is 15.9. The number of ether oxygens (including phenoxy) is 6. The molecule has 0 saturated carbocycles. The van der Waals surface area contributed by atoms with Gasteiger partial charge in [0.15, 0.2) is 0 Å². The third-order valence-corrected chi connectivity index (χ3v) is 9.67. The van der Waals surface area contributed by atoms with Crippen LogP contribution in [0.15, 0.2) is 60.7 Å². The lowest BCUT2D eigenvalue weighted by molar-refractivity contribution is 0.0348. The molecular formula is C42H52N6O10. The van der Waals surface area contributed by atoms with E-state index in [9.17, 15) is 19.2 Å². The summed E-state index contributed by atoms with van der Waals surface area (Å²) < 4.78 is 33.3. The summed E-state index contributed by atoms with van der Waals surface area (Å²) in [5.41, 5.74) is 14.3. The number of rotatable bonds is 27. The fourth-order valence-corrected chi connectivity index (χ4v) is 6.97. The van der Waals surface area contributed by atoms with Gasteiger partial charge in [-0.3, -0.25) is 29.0 Å². The number of nitrogens with two attached hydrogens (primary N) is 2. The van der Waals surface area contributed by atoms with Crippen LogP contribution in [-0.2, 0) is 28.4 Å². The number of nitrogens with one attached hydrogen (secondary N) is 2. The summed E-state index contributed by atoms with van der Waals surface area (Å²) >= 11 is 0. The molecule has 2 aliphatic heterocycles. The molecule has 310 valence electrons. The lowest BCUT2D eigenvalue weighted by Crippen LogP contribution is -2.42. The summed E-state index contributed by atoms with van der Waals surface area (Å²) in [7, 11) is 0. The number of carbonyl (C=O) groups excluding carboxylic acids is 4. The summed E-state index contributed by atoms with van der Waals surface area (Å²) in [6, 6.07) is 18.1. The van der Waals surface area contributed by atoms with E-state index in [-0.39, 0.29) is 49.9 Å². The van der Waals surface area contributed by atoms with Crippen LogP contribution in [0.3, 0.4) is 0 Å². The van der Waals surface area contributed by atoms with Crippen molar-refractivity contribution in [1.82, 2.24) is 9.80 Å². The average Bonchev–Trinajstić information content (AvgIpc) is 3.24. The Morgan fingerprint density at radius 1 is 0.414 bits per heavy atom. The second kappa shape index (κ2) is 21.6. The van der Waals surface area contributed by atoms with Crippen molar-refractivity contribution in [1.29, 1.82) is 0 Å². The smallest absolute Gasteiger partial charge is 0.261 e. The zero-order valence-electron chi connectivity index (χ0n) is 32.6. The number of imide groups is 2. The molecule has 0 aromatic heterocycles. The Morgan fingerprint density at radius 3 is 1.14 bits per heavy atom. The van der Waals surface area contributed by atoms with Crippen molar-refractivity contribution in [3.63, 3.8) is 0 Å². The summed E-state index contributed by atoms with van der Waals surface area (Å²) in [5.74, 6) is -1.38. The minimum Gasteiger partial charge on any atom is -0.382 e. The maximum Gasteiger partial charge on any atom is 0.261 e. The van der Waals surface area contributed by atoms with Crippen LogP contribution in [0, 0.1) is 0 Å².